The number of furan rings is 3. The van der Waals surface area contributed by atoms with Crippen LogP contribution in [0.2, 0.25) is 0 Å². The molecule has 0 saturated heterocycles. The van der Waals surface area contributed by atoms with Crippen molar-refractivity contribution in [2.45, 2.75) is 182 Å². The van der Waals surface area contributed by atoms with Crippen molar-refractivity contribution in [1.82, 2.24) is 15.0 Å². The summed E-state index contributed by atoms with van der Waals surface area (Å²) in [6, 6.07) is 60.9. The van der Waals surface area contributed by atoms with Gasteiger partial charge < -0.3 is 28.6 Å². The van der Waals surface area contributed by atoms with Crippen molar-refractivity contribution in [3.8, 4) is 67.7 Å². The fourth-order valence-electron chi connectivity index (χ4n) is 11.8. The Kier molecular flexibility index (Phi) is 33.3. The number of benzene rings is 6. The van der Waals surface area contributed by atoms with E-state index in [2.05, 4.69) is 246 Å². The molecule has 0 saturated carbocycles. The molecular formula is C93H102Ir3N3O9-3. The summed E-state index contributed by atoms with van der Waals surface area (Å²) in [5, 5.41) is 25.1. The van der Waals surface area contributed by atoms with Crippen molar-refractivity contribution in [2.75, 3.05) is 0 Å². The Labute approximate surface area is 679 Å². The summed E-state index contributed by atoms with van der Waals surface area (Å²) in [5.74, 6) is 2.41. The summed E-state index contributed by atoms with van der Waals surface area (Å²) in [4.78, 5) is 44.7. The maximum absolute atomic E-state index is 10.0. The number of aromatic nitrogens is 3. The van der Waals surface area contributed by atoms with Gasteiger partial charge in [0.05, 0.1) is 33.8 Å². The molecule has 3 radical (unpaired) electrons. The Morgan fingerprint density at radius 2 is 0.639 bits per heavy atom. The van der Waals surface area contributed by atoms with Crippen LogP contribution in [-0.4, -0.2) is 47.6 Å². The average molecular weight is 1980 g/mol. The maximum Gasteiger partial charge on any atom is 0.155 e. The van der Waals surface area contributed by atoms with E-state index < -0.39 is 0 Å². The summed E-state index contributed by atoms with van der Waals surface area (Å²) in [6.07, 6.45) is 3.50. The number of fused-ring (bicyclic) bond motifs is 3. The molecule has 0 spiro atoms. The Morgan fingerprint density at radius 3 is 0.917 bits per heavy atom. The summed E-state index contributed by atoms with van der Waals surface area (Å²) in [5.41, 5.74) is 29.2. The summed E-state index contributed by atoms with van der Waals surface area (Å²) < 4.78 is 18.3. The van der Waals surface area contributed by atoms with Crippen molar-refractivity contribution in [2.24, 2.45) is 0 Å². The SMILES string of the molecule is CC(=O)C=C(C)O.CC(=O)C=C(C)O.CC(=O)C=C(C)O.Cc1[c-]c(-c2ccc3oc(-c4c(C)cc(C)cc4C)cc3n2)cc(C(C)(C)C)c1.Cc1[c-]c(-c2ccc3oc(-c4c(C)cccc4C)cc3n2)cc(C(C)(C)C)c1.Cc1[c-]c(-c2ccc3oc(-c4ccc(C)cc4)cc3n2)cc(C(C)(C)C)c1.[Ir].[Ir].[Ir]. The molecule has 0 atom stereocenters. The van der Waals surface area contributed by atoms with Gasteiger partial charge in [0.25, 0.3) is 0 Å². The van der Waals surface area contributed by atoms with E-state index in [1.54, 1.807) is 0 Å². The molecule has 6 aromatic carbocycles. The van der Waals surface area contributed by atoms with Crippen molar-refractivity contribution < 1.29 is 103 Å². The third-order valence-electron chi connectivity index (χ3n) is 16.8. The molecule has 0 fully saturated rings. The third kappa shape index (κ3) is 26.4. The number of hydrogen-bond acceptors (Lipinski definition) is 12. The molecule has 12 aromatic rings. The first-order valence-electron chi connectivity index (χ1n) is 35.2. The Morgan fingerprint density at radius 1 is 0.352 bits per heavy atom. The molecule has 15 heteroatoms. The first-order valence-corrected chi connectivity index (χ1v) is 35.2. The number of aliphatic hydroxyl groups is 3. The first kappa shape index (κ1) is 91.4. The zero-order chi connectivity index (χ0) is 77.7. The van der Waals surface area contributed by atoms with Crippen LogP contribution in [0.25, 0.3) is 101 Å². The quantitative estimate of drug-likeness (QED) is 0.0705. The number of pyridine rings is 3. The minimum Gasteiger partial charge on any atom is -0.512 e. The Balaban J connectivity index is 0.000000298. The number of carbonyl (C=O) groups excluding carboxylic acids is 3. The monoisotopic (exact) mass is 1980 g/mol. The predicted molar refractivity (Wildman–Crippen MR) is 431 cm³/mol. The van der Waals surface area contributed by atoms with Crippen molar-refractivity contribution in [1.29, 1.82) is 0 Å². The van der Waals surface area contributed by atoms with Crippen LogP contribution in [0, 0.1) is 80.5 Å². The minimum atomic E-state index is -0.125. The second kappa shape index (κ2) is 39.4. The number of aliphatic hydroxyl groups excluding tert-OH is 3. The van der Waals surface area contributed by atoms with E-state index in [0.717, 1.165) is 118 Å². The zero-order valence-corrected chi connectivity index (χ0v) is 73.9. The normalized spacial score (nSPS) is 11.5. The van der Waals surface area contributed by atoms with Crippen molar-refractivity contribution >= 4 is 50.6 Å². The van der Waals surface area contributed by atoms with Crippen LogP contribution in [0.4, 0.5) is 0 Å². The van der Waals surface area contributed by atoms with Gasteiger partial charge in [-0.25, -0.2) is 0 Å². The standard InChI is InChI=1S/C27H28NO.C26H26NO.C25H24NO.3C5H8O2.3Ir/c1-16-10-18(3)26(19(4)11-16)25-15-23-24(29-25)9-8-22(28-23)20-12-17(2)13-21(14-20)27(5,6)7;1-16-12-19(14-20(13-16)26(4,5)6)21-10-11-23-22(27-21)15-24(28-23)25-17(2)8-7-9-18(25)3;1-16-6-8-18(9-7-16)24-15-22-23(27-24)11-10-21(26-22)19-12-17(2)13-20(14-19)25(3,4)5;3*1-4(6)3-5(2)7;;;/h8-11,13-15H,1-7H3;7-11,13-15H,1-6H3;6-11,13-15H,1-5H3;3*3,6H,1-2H3;;;/q3*-1;;;;;;. The van der Waals surface area contributed by atoms with Crippen molar-refractivity contribution in [3.63, 3.8) is 0 Å². The zero-order valence-electron chi connectivity index (χ0n) is 66.7. The molecule has 0 aliphatic carbocycles. The van der Waals surface area contributed by atoms with Gasteiger partial charge in [0.1, 0.15) is 17.3 Å². The van der Waals surface area contributed by atoms with Gasteiger partial charge >= 0.3 is 0 Å². The molecule has 0 amide bonds. The number of hydrogen-bond donors (Lipinski definition) is 3. The second-order valence-electron chi connectivity index (χ2n) is 30.3. The first-order chi connectivity index (χ1) is 49.0. The van der Waals surface area contributed by atoms with Crippen LogP contribution < -0.4 is 0 Å². The van der Waals surface area contributed by atoms with Gasteiger partial charge in [0, 0.05) is 113 Å². The third-order valence-corrected chi connectivity index (χ3v) is 16.8. The molecule has 6 aromatic heterocycles. The van der Waals surface area contributed by atoms with Crippen LogP contribution in [0.15, 0.2) is 194 Å². The van der Waals surface area contributed by atoms with Gasteiger partial charge in [-0.3, -0.25) is 29.3 Å². The van der Waals surface area contributed by atoms with Crippen molar-refractivity contribution in [3.05, 3.63) is 266 Å². The van der Waals surface area contributed by atoms with Crippen LogP contribution in [0.5, 0.6) is 0 Å². The maximum atomic E-state index is 10.0. The molecular weight excluding hydrogens is 1880 g/mol. The van der Waals surface area contributed by atoms with Gasteiger partial charge in [0.2, 0.25) is 0 Å². The molecule has 0 unspecified atom stereocenters. The molecule has 108 heavy (non-hydrogen) atoms. The second-order valence-corrected chi connectivity index (χ2v) is 30.3. The summed E-state index contributed by atoms with van der Waals surface area (Å²) in [7, 11) is 0. The molecule has 0 aliphatic rings. The Hall–Kier alpha value is -9.03. The molecule has 0 bridgehead atoms. The van der Waals surface area contributed by atoms with Crippen LogP contribution in [0.1, 0.15) is 171 Å². The Bertz CT molecular complexity index is 5110. The van der Waals surface area contributed by atoms with Crippen LogP contribution in [-0.2, 0) is 90.9 Å². The van der Waals surface area contributed by atoms with E-state index in [1.165, 1.54) is 110 Å². The van der Waals surface area contributed by atoms with Gasteiger partial charge in [-0.2, -0.15) is 0 Å². The fourth-order valence-corrected chi connectivity index (χ4v) is 11.8. The van der Waals surface area contributed by atoms with E-state index in [1.807, 2.05) is 42.5 Å². The van der Waals surface area contributed by atoms with Crippen LogP contribution in [0.3, 0.4) is 0 Å². The summed E-state index contributed by atoms with van der Waals surface area (Å²) in [6.45, 7) is 47.6. The number of ketones is 3. The summed E-state index contributed by atoms with van der Waals surface area (Å²) >= 11 is 0. The smallest absolute Gasteiger partial charge is 0.155 e. The van der Waals surface area contributed by atoms with Crippen LogP contribution >= 0.6 is 0 Å². The molecule has 6 heterocycles. The number of nitrogens with zero attached hydrogens (tertiary/aromatic N) is 3. The van der Waals surface area contributed by atoms with E-state index in [0.29, 0.717) is 0 Å². The molecule has 3 N–H and O–H groups in total. The van der Waals surface area contributed by atoms with E-state index in [4.69, 9.17) is 43.5 Å². The van der Waals surface area contributed by atoms with E-state index >= 15 is 0 Å². The molecule has 12 nitrogen and oxygen atoms in total. The molecule has 0 aliphatic heterocycles. The van der Waals surface area contributed by atoms with Gasteiger partial charge in [-0.1, -0.05) is 167 Å². The van der Waals surface area contributed by atoms with Gasteiger partial charge in [-0.05, 0) is 157 Å². The van der Waals surface area contributed by atoms with E-state index in [-0.39, 0.29) is 111 Å². The number of rotatable bonds is 9. The molecule has 573 valence electrons. The van der Waals surface area contributed by atoms with Gasteiger partial charge in [-0.15, -0.1) is 105 Å². The largest absolute Gasteiger partial charge is 0.512 e. The topological polar surface area (TPSA) is 190 Å². The van der Waals surface area contributed by atoms with E-state index in [9.17, 15) is 14.4 Å². The minimum absolute atomic E-state index is 0. The fraction of sp³-hybridized carbons (Fsp3) is 0.290. The predicted octanol–water partition coefficient (Wildman–Crippen LogP) is 24.7. The van der Waals surface area contributed by atoms with Gasteiger partial charge in [0.15, 0.2) is 34.1 Å². The number of carbonyl (C=O) groups is 3. The number of aryl methyl sites for hydroxylation is 9. The number of allylic oxidation sites excluding steroid dienone is 6. The average Bonchev–Trinajstić information content (AvgIpc) is 1.65. The molecule has 12 rings (SSSR count).